The lowest BCUT2D eigenvalue weighted by molar-refractivity contribution is 0.00214. The number of aliphatic hydroxyl groups is 2. The lowest BCUT2D eigenvalue weighted by Gasteiger charge is -2.22. The molecule has 1 atom stereocenters. The Labute approximate surface area is 92.9 Å². The molecule has 1 rings (SSSR count). The van der Waals surface area contributed by atoms with Gasteiger partial charge in [0.1, 0.15) is 0 Å². The van der Waals surface area contributed by atoms with E-state index in [2.05, 4.69) is 5.32 Å². The second kappa shape index (κ2) is 6.46. The van der Waals surface area contributed by atoms with E-state index in [0.29, 0.717) is 6.54 Å². The highest BCUT2D eigenvalue weighted by Crippen LogP contribution is 2.22. The summed E-state index contributed by atoms with van der Waals surface area (Å²) < 4.78 is 0. The van der Waals surface area contributed by atoms with Crippen molar-refractivity contribution in [1.29, 1.82) is 0 Å². The third-order valence-electron chi connectivity index (χ3n) is 3.25. The van der Waals surface area contributed by atoms with Gasteiger partial charge in [-0.2, -0.15) is 0 Å². The van der Waals surface area contributed by atoms with E-state index in [4.69, 9.17) is 5.11 Å². The van der Waals surface area contributed by atoms with E-state index in [9.17, 15) is 5.11 Å². The van der Waals surface area contributed by atoms with Gasteiger partial charge >= 0.3 is 0 Å². The minimum atomic E-state index is -0.968. The largest absolute Gasteiger partial charge is 0.393 e. The van der Waals surface area contributed by atoms with Gasteiger partial charge in [0.25, 0.3) is 0 Å². The zero-order chi connectivity index (χ0) is 11.1. The molecule has 90 valence electrons. The zero-order valence-corrected chi connectivity index (χ0v) is 9.84. The van der Waals surface area contributed by atoms with Crippen molar-refractivity contribution in [1.82, 2.24) is 5.32 Å². The van der Waals surface area contributed by atoms with E-state index in [1.807, 2.05) is 0 Å². The molecular weight excluding hydrogens is 190 g/mol. The van der Waals surface area contributed by atoms with Crippen LogP contribution in [0.4, 0.5) is 0 Å². The predicted octanol–water partition coefficient (Wildman–Crippen LogP) is 1.29. The molecule has 15 heavy (non-hydrogen) atoms. The summed E-state index contributed by atoms with van der Waals surface area (Å²) >= 11 is 0. The monoisotopic (exact) mass is 215 g/mol. The topological polar surface area (TPSA) is 52.5 Å². The molecule has 1 saturated carbocycles. The number of nitrogens with one attached hydrogen (secondary N) is 1. The van der Waals surface area contributed by atoms with E-state index < -0.39 is 5.60 Å². The van der Waals surface area contributed by atoms with Crippen LogP contribution in [0.3, 0.4) is 0 Å². The van der Waals surface area contributed by atoms with Crippen molar-refractivity contribution in [2.75, 3.05) is 19.7 Å². The number of rotatable bonds is 5. The maximum absolute atomic E-state index is 9.60. The molecule has 3 nitrogen and oxygen atoms in total. The molecule has 1 unspecified atom stereocenters. The second-order valence-corrected chi connectivity index (χ2v) is 5.14. The number of aliphatic hydroxyl groups excluding tert-OH is 1. The molecule has 0 heterocycles. The summed E-state index contributed by atoms with van der Waals surface area (Å²) in [5, 5.41) is 21.7. The minimum absolute atomic E-state index is 0.176. The minimum Gasteiger partial charge on any atom is -0.393 e. The molecular formula is C12H25NO2. The summed E-state index contributed by atoms with van der Waals surface area (Å²) in [7, 11) is 0. The van der Waals surface area contributed by atoms with Crippen LogP contribution < -0.4 is 5.32 Å². The first-order valence-corrected chi connectivity index (χ1v) is 6.18. The molecule has 3 heteroatoms. The van der Waals surface area contributed by atoms with Gasteiger partial charge in [-0.25, -0.2) is 0 Å². The molecule has 1 fully saturated rings. The van der Waals surface area contributed by atoms with Crippen LogP contribution in [0.25, 0.3) is 0 Å². The average molecular weight is 215 g/mol. The quantitative estimate of drug-likeness (QED) is 0.606. The molecule has 0 radical (unpaired) electrons. The lowest BCUT2D eigenvalue weighted by Crippen LogP contribution is -2.42. The van der Waals surface area contributed by atoms with Crippen LogP contribution in [-0.2, 0) is 0 Å². The summed E-state index contributed by atoms with van der Waals surface area (Å²) in [6, 6.07) is 0. The Balaban J connectivity index is 2.13. The van der Waals surface area contributed by atoms with Crippen LogP contribution in [0.5, 0.6) is 0 Å². The van der Waals surface area contributed by atoms with E-state index in [1.54, 1.807) is 6.92 Å². The van der Waals surface area contributed by atoms with E-state index >= 15 is 0 Å². The highest BCUT2D eigenvalue weighted by atomic mass is 16.3. The third kappa shape index (κ3) is 5.50. The van der Waals surface area contributed by atoms with Crippen molar-refractivity contribution in [3.63, 3.8) is 0 Å². The fraction of sp³-hybridized carbons (Fsp3) is 1.00. The first-order valence-electron chi connectivity index (χ1n) is 6.18. The van der Waals surface area contributed by atoms with Crippen LogP contribution in [0.2, 0.25) is 0 Å². The maximum atomic E-state index is 9.60. The van der Waals surface area contributed by atoms with Crippen LogP contribution in [0.15, 0.2) is 0 Å². The van der Waals surface area contributed by atoms with Crippen molar-refractivity contribution in [3.05, 3.63) is 0 Å². The van der Waals surface area contributed by atoms with Crippen molar-refractivity contribution >= 4 is 0 Å². The summed E-state index contributed by atoms with van der Waals surface area (Å²) in [4.78, 5) is 0. The van der Waals surface area contributed by atoms with Gasteiger partial charge in [0.15, 0.2) is 0 Å². The number of hydrogen-bond donors (Lipinski definition) is 3. The Kier molecular flexibility index (Phi) is 5.58. The molecule has 1 aliphatic rings. The van der Waals surface area contributed by atoms with Gasteiger partial charge < -0.3 is 15.5 Å². The van der Waals surface area contributed by atoms with Gasteiger partial charge in [0, 0.05) is 6.54 Å². The second-order valence-electron chi connectivity index (χ2n) is 5.14. The van der Waals surface area contributed by atoms with Gasteiger partial charge in [-0.1, -0.05) is 25.7 Å². The van der Waals surface area contributed by atoms with Crippen LogP contribution in [-0.4, -0.2) is 35.5 Å². The maximum Gasteiger partial charge on any atom is 0.0972 e. The standard InChI is InChI=1S/C12H25NO2/c1-12(15,10-14)9-13-8-11-6-4-2-3-5-7-11/h11,13-15H,2-10H2,1H3. The normalized spacial score (nSPS) is 23.4. The molecule has 0 aromatic rings. The van der Waals surface area contributed by atoms with Crippen LogP contribution in [0.1, 0.15) is 45.4 Å². The molecule has 0 amide bonds. The summed E-state index contributed by atoms with van der Waals surface area (Å²) in [6.07, 6.45) is 8.09. The lowest BCUT2D eigenvalue weighted by atomic mass is 10.00. The van der Waals surface area contributed by atoms with Gasteiger partial charge in [0.2, 0.25) is 0 Å². The Morgan fingerprint density at radius 3 is 2.33 bits per heavy atom. The Morgan fingerprint density at radius 1 is 1.20 bits per heavy atom. The molecule has 0 aromatic carbocycles. The van der Waals surface area contributed by atoms with Gasteiger partial charge in [-0.15, -0.1) is 0 Å². The van der Waals surface area contributed by atoms with E-state index in [-0.39, 0.29) is 6.61 Å². The molecule has 0 bridgehead atoms. The van der Waals surface area contributed by atoms with Gasteiger partial charge in [-0.05, 0) is 32.2 Å². The Bertz CT molecular complexity index is 163. The van der Waals surface area contributed by atoms with Crippen molar-refractivity contribution in [2.24, 2.45) is 5.92 Å². The van der Waals surface area contributed by atoms with Gasteiger partial charge in [0.05, 0.1) is 12.2 Å². The summed E-state index contributed by atoms with van der Waals surface area (Å²) in [5.74, 6) is 0.766. The fourth-order valence-corrected chi connectivity index (χ4v) is 2.17. The molecule has 0 aliphatic heterocycles. The Morgan fingerprint density at radius 2 is 1.80 bits per heavy atom. The van der Waals surface area contributed by atoms with E-state index in [0.717, 1.165) is 12.5 Å². The van der Waals surface area contributed by atoms with Crippen molar-refractivity contribution in [2.45, 2.75) is 51.0 Å². The van der Waals surface area contributed by atoms with Crippen LogP contribution >= 0.6 is 0 Å². The first-order chi connectivity index (χ1) is 7.14. The first kappa shape index (κ1) is 12.9. The SMILES string of the molecule is CC(O)(CO)CNCC1CCCCCC1. The van der Waals surface area contributed by atoms with Crippen LogP contribution in [0, 0.1) is 5.92 Å². The summed E-state index contributed by atoms with van der Waals surface area (Å²) in [6.45, 7) is 2.95. The average Bonchev–Trinajstić information content (AvgIpc) is 2.46. The zero-order valence-electron chi connectivity index (χ0n) is 9.84. The van der Waals surface area contributed by atoms with Gasteiger partial charge in [-0.3, -0.25) is 0 Å². The third-order valence-corrected chi connectivity index (χ3v) is 3.25. The highest BCUT2D eigenvalue weighted by Gasteiger charge is 2.19. The molecule has 3 N–H and O–H groups in total. The molecule has 0 spiro atoms. The highest BCUT2D eigenvalue weighted by molar-refractivity contribution is 4.75. The fourth-order valence-electron chi connectivity index (χ4n) is 2.17. The smallest absolute Gasteiger partial charge is 0.0972 e. The Hall–Kier alpha value is -0.120. The predicted molar refractivity (Wildman–Crippen MR) is 61.8 cm³/mol. The van der Waals surface area contributed by atoms with Crippen molar-refractivity contribution in [3.8, 4) is 0 Å². The molecule has 1 aliphatic carbocycles. The van der Waals surface area contributed by atoms with E-state index in [1.165, 1.54) is 38.5 Å². The molecule has 0 saturated heterocycles. The van der Waals surface area contributed by atoms with Crippen molar-refractivity contribution < 1.29 is 10.2 Å². The number of hydrogen-bond acceptors (Lipinski definition) is 3. The molecule has 0 aromatic heterocycles. The summed E-state index contributed by atoms with van der Waals surface area (Å²) in [5.41, 5.74) is -0.968.